The molecule has 0 aliphatic carbocycles. The second-order valence-corrected chi connectivity index (χ2v) is 3.27. The van der Waals surface area contributed by atoms with Crippen molar-refractivity contribution in [3.63, 3.8) is 0 Å². The lowest BCUT2D eigenvalue weighted by Gasteiger charge is -2.24. The predicted octanol–water partition coefficient (Wildman–Crippen LogP) is -3.40. The molecule has 0 unspecified atom stereocenters. The molecule has 1 fully saturated rings. The summed E-state index contributed by atoms with van der Waals surface area (Å²) in [5.74, 6) is 0. The summed E-state index contributed by atoms with van der Waals surface area (Å²) in [6.07, 6.45) is 2.59. The Morgan fingerprint density at radius 1 is 0.833 bits per heavy atom. The van der Waals surface area contributed by atoms with Gasteiger partial charge >= 0.3 is 0 Å². The average Bonchev–Trinajstić information content (AvgIpc) is 2.70. The Morgan fingerprint density at radius 3 is 1.58 bits per heavy atom. The molecule has 40 valence electrons. The van der Waals surface area contributed by atoms with Crippen molar-refractivity contribution in [2.24, 2.45) is 0 Å². The molecule has 1 aliphatic heterocycles. The van der Waals surface area contributed by atoms with Gasteiger partial charge in [-0.1, -0.05) is 12.6 Å². The summed E-state index contributed by atoms with van der Waals surface area (Å²) < 4.78 is 0. The van der Waals surface area contributed by atoms with Crippen LogP contribution in [0, 0.1) is 12.6 Å². The zero-order valence-corrected chi connectivity index (χ0v) is 6.93. The van der Waals surface area contributed by atoms with Crippen LogP contribution in [0.2, 0.25) is 0 Å². The first kappa shape index (κ1) is 10.7. The number of hydrogen-bond acceptors (Lipinski definition) is 0. The molecule has 0 N–H and O–H groups in total. The van der Waals surface area contributed by atoms with E-state index in [-0.39, 0.29) is 19.4 Å². The fraction of sp³-hybridized carbons (Fsp3) is 0. The molecule has 12 radical (unpaired) electrons. The van der Waals surface area contributed by atoms with E-state index >= 15 is 0 Å². The highest BCUT2D eigenvalue weighted by Crippen LogP contribution is 2.18. The summed E-state index contributed by atoms with van der Waals surface area (Å²) in [6.45, 7) is 0.287. The number of hydrogen-bond donors (Lipinski definition) is 0. The highest BCUT2D eigenvalue weighted by molar-refractivity contribution is 8.01. The molecule has 0 saturated carbocycles. The molecule has 1 heterocycles. The molecule has 12 heavy (non-hydrogen) atoms. The van der Waals surface area contributed by atoms with Gasteiger partial charge in [-0.15, -0.1) is 0 Å². The van der Waals surface area contributed by atoms with Gasteiger partial charge in [0.2, 0.25) is 0 Å². The molecule has 0 spiro atoms. The van der Waals surface area contributed by atoms with Crippen molar-refractivity contribution in [1.29, 1.82) is 0 Å². The third-order valence-corrected chi connectivity index (χ3v) is 2.19. The van der Waals surface area contributed by atoms with E-state index in [4.69, 9.17) is 38.7 Å². The van der Waals surface area contributed by atoms with Crippen molar-refractivity contribution in [3.05, 3.63) is 12.6 Å². The van der Waals surface area contributed by atoms with Crippen LogP contribution >= 0.6 is 0 Å². The highest BCUT2D eigenvalue weighted by Gasteiger charge is 2.42. The van der Waals surface area contributed by atoms with Crippen molar-refractivity contribution < 1.29 is 0 Å². The molecular formula is C2H2B10. The SMILES string of the molecule is [B]B([B])B([B])B(B([B])[B])B1[CH][CH]1. The fourth-order valence-electron chi connectivity index (χ4n) is 1.35. The minimum absolute atomic E-state index is 0.0370. The Hall–Kier alpha value is 0.649. The summed E-state index contributed by atoms with van der Waals surface area (Å²) in [4.78, 5) is 0. The Balaban J connectivity index is 2.52. The smallest absolute Gasteiger partial charge is 0.0794 e. The lowest BCUT2D eigenvalue weighted by Crippen LogP contribution is -2.63. The molecule has 0 aromatic rings. The Bertz CT molecular complexity index is 137. The first-order valence-corrected chi connectivity index (χ1v) is 4.00. The van der Waals surface area contributed by atoms with E-state index in [0.29, 0.717) is 0 Å². The van der Waals surface area contributed by atoms with E-state index in [1.165, 1.54) is 0 Å². The zero-order chi connectivity index (χ0) is 9.30. The highest BCUT2D eigenvalue weighted by atomic mass is 13.8. The van der Waals surface area contributed by atoms with Gasteiger partial charge in [0, 0.05) is 64.2 Å². The minimum atomic E-state index is -0.563. The molecule has 0 bridgehead atoms. The fourth-order valence-corrected chi connectivity index (χ4v) is 1.35. The van der Waals surface area contributed by atoms with Gasteiger partial charge in [-0.25, -0.2) is 0 Å². The Morgan fingerprint density at radius 2 is 1.33 bits per heavy atom. The van der Waals surface area contributed by atoms with Crippen LogP contribution in [0.15, 0.2) is 0 Å². The van der Waals surface area contributed by atoms with Crippen molar-refractivity contribution in [2.75, 3.05) is 0 Å². The van der Waals surface area contributed by atoms with Crippen molar-refractivity contribution in [1.82, 2.24) is 0 Å². The van der Waals surface area contributed by atoms with Crippen molar-refractivity contribution in [2.45, 2.75) is 0 Å². The molecular weight excluding hydrogens is 132 g/mol. The molecule has 1 rings (SSSR count). The average molecular weight is 134 g/mol. The van der Waals surface area contributed by atoms with Gasteiger partial charge in [0.1, 0.15) is 0 Å². The quantitative estimate of drug-likeness (QED) is 0.352. The van der Waals surface area contributed by atoms with Gasteiger partial charge in [0.05, 0.1) is 6.60 Å². The third kappa shape index (κ3) is 2.57. The minimum Gasteiger partial charge on any atom is -0.0794 e. The Labute approximate surface area is 83.8 Å². The van der Waals surface area contributed by atoms with Gasteiger partial charge in [-0.05, 0) is 0 Å². The maximum atomic E-state index is 5.75. The summed E-state index contributed by atoms with van der Waals surface area (Å²) in [6, 6.07) is 0. The van der Waals surface area contributed by atoms with Crippen LogP contribution in [0.25, 0.3) is 0 Å². The molecule has 10 heteroatoms. The standard InChI is InChI=1S/C2H2B10/c3-9(4)11(7)12(10(5)6)8-1-2-8/h1-2H. The van der Waals surface area contributed by atoms with E-state index in [1.807, 2.05) is 12.6 Å². The molecule has 1 saturated heterocycles. The number of rotatable bonds is 4. The maximum absolute atomic E-state index is 5.75. The van der Waals surface area contributed by atoms with E-state index in [0.717, 1.165) is 0 Å². The van der Waals surface area contributed by atoms with Crippen LogP contribution in [-0.4, -0.2) is 70.8 Å². The summed E-state index contributed by atoms with van der Waals surface area (Å²) in [5, 5.41) is 0. The van der Waals surface area contributed by atoms with Crippen LogP contribution in [0.4, 0.5) is 0 Å². The Kier molecular flexibility index (Phi) is 3.79. The lowest BCUT2D eigenvalue weighted by molar-refractivity contribution is 2.24. The second-order valence-electron chi connectivity index (χ2n) is 3.27. The topological polar surface area (TPSA) is 0 Å². The third-order valence-electron chi connectivity index (χ3n) is 2.19. The summed E-state index contributed by atoms with van der Waals surface area (Å²) >= 11 is 0. The van der Waals surface area contributed by atoms with Gasteiger partial charge < -0.3 is 0 Å². The lowest BCUT2D eigenvalue weighted by atomic mass is 8.57. The first-order chi connectivity index (χ1) is 5.54. The van der Waals surface area contributed by atoms with Crippen LogP contribution < -0.4 is 0 Å². The molecule has 0 nitrogen and oxygen atoms in total. The largest absolute Gasteiger partial charge is 0.0957 e. The van der Waals surface area contributed by atoms with E-state index in [1.54, 1.807) is 0 Å². The normalized spacial score (nSPS) is 13.8. The van der Waals surface area contributed by atoms with E-state index in [9.17, 15) is 0 Å². The van der Waals surface area contributed by atoms with Crippen molar-refractivity contribution in [3.8, 4) is 0 Å². The molecule has 0 aromatic carbocycles. The predicted molar refractivity (Wildman–Crippen MR) is 66.1 cm³/mol. The van der Waals surface area contributed by atoms with E-state index in [2.05, 4.69) is 0 Å². The molecule has 1 aliphatic rings. The monoisotopic (exact) mass is 136 g/mol. The molecule has 0 amide bonds. The van der Waals surface area contributed by atoms with Gasteiger partial charge in [0.15, 0.2) is 0 Å². The van der Waals surface area contributed by atoms with Crippen LogP contribution in [0.3, 0.4) is 0 Å². The summed E-state index contributed by atoms with van der Waals surface area (Å²) in [7, 11) is 27.8. The van der Waals surface area contributed by atoms with Crippen molar-refractivity contribution >= 4 is 70.8 Å². The second kappa shape index (κ2) is 4.24. The van der Waals surface area contributed by atoms with Crippen LogP contribution in [0.5, 0.6) is 0 Å². The van der Waals surface area contributed by atoms with Crippen LogP contribution in [-0.2, 0) is 0 Å². The van der Waals surface area contributed by atoms with Gasteiger partial charge in [0.25, 0.3) is 0 Å². The summed E-state index contributed by atoms with van der Waals surface area (Å²) in [5.41, 5.74) is 0. The van der Waals surface area contributed by atoms with Gasteiger partial charge in [-0.2, -0.15) is 0 Å². The first-order valence-electron chi connectivity index (χ1n) is 4.00. The maximum Gasteiger partial charge on any atom is 0.0957 e. The van der Waals surface area contributed by atoms with Crippen LogP contribution in [0.1, 0.15) is 0 Å². The van der Waals surface area contributed by atoms with E-state index < -0.39 is 12.8 Å². The molecule has 0 atom stereocenters. The zero-order valence-electron chi connectivity index (χ0n) is 6.93. The molecule has 0 aromatic heterocycles. The van der Waals surface area contributed by atoms with Gasteiger partial charge in [-0.3, -0.25) is 0 Å².